The van der Waals surface area contributed by atoms with Crippen LogP contribution in [0.2, 0.25) is 5.02 Å². The summed E-state index contributed by atoms with van der Waals surface area (Å²) in [5.41, 5.74) is 1.76. The molecule has 0 amide bonds. The lowest BCUT2D eigenvalue weighted by Gasteiger charge is -2.16. The molecule has 0 aromatic heterocycles. The maximum absolute atomic E-state index is 12.2. The van der Waals surface area contributed by atoms with Crippen molar-refractivity contribution in [1.29, 1.82) is 0 Å². The summed E-state index contributed by atoms with van der Waals surface area (Å²) < 4.78 is 28.8. The molecule has 0 radical (unpaired) electrons. The van der Waals surface area contributed by atoms with Crippen molar-refractivity contribution in [2.45, 2.75) is 19.6 Å². The SMILES string of the molecule is CC(Nc1ccc(Cl)cc1)c1cccc(OC(F)F)c1. The molecule has 0 spiro atoms. The Kier molecular flexibility index (Phi) is 4.79. The van der Waals surface area contributed by atoms with E-state index in [2.05, 4.69) is 10.1 Å². The maximum Gasteiger partial charge on any atom is 0.387 e. The van der Waals surface area contributed by atoms with Gasteiger partial charge in [0.05, 0.1) is 0 Å². The molecule has 20 heavy (non-hydrogen) atoms. The van der Waals surface area contributed by atoms with Crippen LogP contribution in [-0.4, -0.2) is 6.61 Å². The quantitative estimate of drug-likeness (QED) is 0.827. The first kappa shape index (κ1) is 14.6. The Morgan fingerprint density at radius 1 is 1.10 bits per heavy atom. The zero-order valence-electron chi connectivity index (χ0n) is 10.8. The molecule has 2 aromatic carbocycles. The van der Waals surface area contributed by atoms with Crippen molar-refractivity contribution >= 4 is 17.3 Å². The molecule has 0 aliphatic rings. The Balaban J connectivity index is 2.08. The Morgan fingerprint density at radius 2 is 1.80 bits per heavy atom. The molecule has 2 nitrogen and oxygen atoms in total. The zero-order valence-corrected chi connectivity index (χ0v) is 11.6. The molecule has 0 saturated heterocycles. The third-order valence-electron chi connectivity index (χ3n) is 2.81. The molecule has 106 valence electrons. The van der Waals surface area contributed by atoms with Crippen LogP contribution in [0.1, 0.15) is 18.5 Å². The van der Waals surface area contributed by atoms with E-state index in [-0.39, 0.29) is 11.8 Å². The number of alkyl halides is 2. The predicted octanol–water partition coefficient (Wildman–Crippen LogP) is 5.11. The summed E-state index contributed by atoms with van der Waals surface area (Å²) in [5.74, 6) is 0.155. The van der Waals surface area contributed by atoms with Gasteiger partial charge in [-0.25, -0.2) is 0 Å². The molecule has 0 aliphatic heterocycles. The summed E-state index contributed by atoms with van der Waals surface area (Å²) in [5, 5.41) is 3.93. The van der Waals surface area contributed by atoms with E-state index in [4.69, 9.17) is 11.6 Å². The van der Waals surface area contributed by atoms with E-state index >= 15 is 0 Å². The lowest BCUT2D eigenvalue weighted by Crippen LogP contribution is -2.07. The third kappa shape index (κ3) is 4.10. The van der Waals surface area contributed by atoms with Crippen LogP contribution in [0.15, 0.2) is 48.5 Å². The number of anilines is 1. The zero-order chi connectivity index (χ0) is 14.5. The fourth-order valence-electron chi connectivity index (χ4n) is 1.84. The van der Waals surface area contributed by atoms with Gasteiger partial charge in [-0.05, 0) is 48.9 Å². The number of hydrogen-bond donors (Lipinski definition) is 1. The minimum atomic E-state index is -2.82. The molecule has 0 aliphatic carbocycles. The molecule has 0 fully saturated rings. The average molecular weight is 298 g/mol. The van der Waals surface area contributed by atoms with Crippen molar-refractivity contribution in [2.24, 2.45) is 0 Å². The number of ether oxygens (including phenoxy) is 1. The molecule has 1 atom stereocenters. The number of hydrogen-bond acceptors (Lipinski definition) is 2. The molecule has 0 bridgehead atoms. The van der Waals surface area contributed by atoms with Crippen LogP contribution in [0, 0.1) is 0 Å². The van der Waals surface area contributed by atoms with Crippen LogP contribution >= 0.6 is 11.6 Å². The van der Waals surface area contributed by atoms with Gasteiger partial charge >= 0.3 is 6.61 Å². The Labute approximate surface area is 121 Å². The second-order valence-electron chi connectivity index (χ2n) is 4.32. The van der Waals surface area contributed by atoms with Gasteiger partial charge in [0, 0.05) is 16.8 Å². The van der Waals surface area contributed by atoms with E-state index in [9.17, 15) is 8.78 Å². The molecule has 1 unspecified atom stereocenters. The first-order chi connectivity index (χ1) is 9.54. The molecule has 0 heterocycles. The number of nitrogens with one attached hydrogen (secondary N) is 1. The summed E-state index contributed by atoms with van der Waals surface area (Å²) >= 11 is 5.82. The highest BCUT2D eigenvalue weighted by Gasteiger charge is 2.09. The minimum Gasteiger partial charge on any atom is -0.435 e. The van der Waals surface area contributed by atoms with Gasteiger partial charge in [0.2, 0.25) is 0 Å². The monoisotopic (exact) mass is 297 g/mol. The van der Waals surface area contributed by atoms with E-state index in [1.165, 1.54) is 6.07 Å². The van der Waals surface area contributed by atoms with Crippen molar-refractivity contribution < 1.29 is 13.5 Å². The van der Waals surface area contributed by atoms with Crippen LogP contribution in [0.25, 0.3) is 0 Å². The van der Waals surface area contributed by atoms with Crippen molar-refractivity contribution in [3.63, 3.8) is 0 Å². The van der Waals surface area contributed by atoms with Gasteiger partial charge in [-0.15, -0.1) is 0 Å². The van der Waals surface area contributed by atoms with E-state index in [0.717, 1.165) is 11.3 Å². The van der Waals surface area contributed by atoms with Crippen LogP contribution < -0.4 is 10.1 Å². The van der Waals surface area contributed by atoms with Crippen LogP contribution in [0.3, 0.4) is 0 Å². The van der Waals surface area contributed by atoms with Gasteiger partial charge < -0.3 is 10.1 Å². The van der Waals surface area contributed by atoms with Gasteiger partial charge in [0.25, 0.3) is 0 Å². The molecular formula is C15H14ClF2NO. The van der Waals surface area contributed by atoms with E-state index < -0.39 is 6.61 Å². The largest absolute Gasteiger partial charge is 0.435 e. The fourth-order valence-corrected chi connectivity index (χ4v) is 1.97. The maximum atomic E-state index is 12.2. The summed E-state index contributed by atoms with van der Waals surface area (Å²) in [6, 6.07) is 13.9. The number of benzene rings is 2. The predicted molar refractivity (Wildman–Crippen MR) is 76.6 cm³/mol. The molecule has 1 N–H and O–H groups in total. The second kappa shape index (κ2) is 6.57. The van der Waals surface area contributed by atoms with E-state index in [1.54, 1.807) is 24.3 Å². The Hall–Kier alpha value is -1.81. The standard InChI is InChI=1S/C15H14ClF2NO/c1-10(19-13-7-5-12(16)6-8-13)11-3-2-4-14(9-11)20-15(17)18/h2-10,15,19H,1H3. The Morgan fingerprint density at radius 3 is 2.45 bits per heavy atom. The van der Waals surface area contributed by atoms with Crippen molar-refractivity contribution in [3.05, 3.63) is 59.1 Å². The fraction of sp³-hybridized carbons (Fsp3) is 0.200. The average Bonchev–Trinajstić information content (AvgIpc) is 2.41. The summed E-state index contributed by atoms with van der Waals surface area (Å²) in [7, 11) is 0. The topological polar surface area (TPSA) is 21.3 Å². The first-order valence-corrected chi connectivity index (χ1v) is 6.49. The van der Waals surface area contributed by atoms with Crippen LogP contribution in [0.4, 0.5) is 14.5 Å². The molecular weight excluding hydrogens is 284 g/mol. The van der Waals surface area contributed by atoms with Gasteiger partial charge in [-0.2, -0.15) is 8.78 Å². The van der Waals surface area contributed by atoms with Crippen LogP contribution in [-0.2, 0) is 0 Å². The highest BCUT2D eigenvalue weighted by atomic mass is 35.5. The normalized spacial score (nSPS) is 12.2. The first-order valence-electron chi connectivity index (χ1n) is 6.11. The molecule has 2 aromatic rings. The summed E-state index contributed by atoms with van der Waals surface area (Å²) in [6.07, 6.45) is 0. The highest BCUT2D eigenvalue weighted by Crippen LogP contribution is 2.24. The molecule has 0 saturated carbocycles. The summed E-state index contributed by atoms with van der Waals surface area (Å²) in [4.78, 5) is 0. The van der Waals surface area contributed by atoms with Crippen molar-refractivity contribution in [3.8, 4) is 5.75 Å². The minimum absolute atomic E-state index is 0.0441. The van der Waals surface area contributed by atoms with Crippen molar-refractivity contribution in [1.82, 2.24) is 0 Å². The lowest BCUT2D eigenvalue weighted by atomic mass is 10.1. The van der Waals surface area contributed by atoms with E-state index in [0.29, 0.717) is 5.02 Å². The Bertz CT molecular complexity index is 560. The van der Waals surface area contributed by atoms with E-state index in [1.807, 2.05) is 25.1 Å². The summed E-state index contributed by atoms with van der Waals surface area (Å²) in [6.45, 7) is -0.874. The smallest absolute Gasteiger partial charge is 0.387 e. The van der Waals surface area contributed by atoms with Gasteiger partial charge in [0.1, 0.15) is 5.75 Å². The second-order valence-corrected chi connectivity index (χ2v) is 4.76. The van der Waals surface area contributed by atoms with Crippen LogP contribution in [0.5, 0.6) is 5.75 Å². The molecule has 2 rings (SSSR count). The van der Waals surface area contributed by atoms with Gasteiger partial charge in [-0.3, -0.25) is 0 Å². The molecule has 5 heteroatoms. The van der Waals surface area contributed by atoms with Crippen molar-refractivity contribution in [2.75, 3.05) is 5.32 Å². The number of rotatable bonds is 5. The lowest BCUT2D eigenvalue weighted by molar-refractivity contribution is -0.0498. The highest BCUT2D eigenvalue weighted by molar-refractivity contribution is 6.30. The van der Waals surface area contributed by atoms with Gasteiger partial charge in [0.15, 0.2) is 0 Å². The third-order valence-corrected chi connectivity index (χ3v) is 3.06. The van der Waals surface area contributed by atoms with Gasteiger partial charge in [-0.1, -0.05) is 23.7 Å². The number of halogens is 3.